The second-order valence-electron chi connectivity index (χ2n) is 16.1. The lowest BCUT2D eigenvalue weighted by molar-refractivity contribution is -0.870. The van der Waals surface area contributed by atoms with E-state index in [4.69, 9.17) is 18.5 Å². The van der Waals surface area contributed by atoms with Crippen LogP contribution in [0.3, 0.4) is 0 Å². The van der Waals surface area contributed by atoms with E-state index in [-0.39, 0.29) is 25.6 Å². The van der Waals surface area contributed by atoms with E-state index in [1.807, 2.05) is 21.1 Å². The SMILES string of the molecule is CCCCCCCCCCCCCCCCCCCCC(=O)O[C@H](COC(=O)CCCCCCCCCCCC)COP(=O)(O)OCC[N+](C)(C)C. The Morgan fingerprint density at radius 2 is 0.865 bits per heavy atom. The summed E-state index contributed by atoms with van der Waals surface area (Å²) in [5.74, 6) is -0.787. The molecule has 0 aliphatic carbocycles. The quantitative estimate of drug-likeness (QED) is 0.0284. The molecule has 310 valence electrons. The normalized spacial score (nSPS) is 13.6. The Morgan fingerprint density at radius 3 is 1.23 bits per heavy atom. The summed E-state index contributed by atoms with van der Waals surface area (Å²) in [5, 5.41) is 0. The molecule has 0 aliphatic rings. The maximum atomic E-state index is 12.7. The number of likely N-dealkylation sites (N-methyl/N-ethyl adjacent to an activating group) is 1. The molecule has 9 nitrogen and oxygen atoms in total. The number of nitrogens with zero attached hydrogens (tertiary/aromatic N) is 1. The Labute approximate surface area is 321 Å². The van der Waals surface area contributed by atoms with Crippen molar-refractivity contribution in [1.29, 1.82) is 0 Å². The lowest BCUT2D eigenvalue weighted by atomic mass is 10.0. The number of carbonyl (C=O) groups is 2. The summed E-state index contributed by atoms with van der Waals surface area (Å²) in [6.07, 6.45) is 34.3. The van der Waals surface area contributed by atoms with Crippen LogP contribution in [0.5, 0.6) is 0 Å². The van der Waals surface area contributed by atoms with Crippen LogP contribution in [-0.4, -0.2) is 74.9 Å². The van der Waals surface area contributed by atoms with Gasteiger partial charge in [-0.3, -0.25) is 18.6 Å². The zero-order valence-electron chi connectivity index (χ0n) is 34.8. The van der Waals surface area contributed by atoms with Crippen LogP contribution in [0.4, 0.5) is 0 Å². The van der Waals surface area contributed by atoms with E-state index in [0.717, 1.165) is 38.5 Å². The molecule has 0 saturated carbocycles. The summed E-state index contributed by atoms with van der Waals surface area (Å²) < 4.78 is 34.2. The number of phosphoric acid groups is 1. The minimum absolute atomic E-state index is 0.0366. The summed E-state index contributed by atoms with van der Waals surface area (Å²) in [6, 6.07) is 0. The maximum Gasteiger partial charge on any atom is 0.472 e. The third-order valence-corrected chi connectivity index (χ3v) is 10.6. The van der Waals surface area contributed by atoms with Crippen molar-refractivity contribution in [2.75, 3.05) is 47.5 Å². The number of rotatable bonds is 40. The van der Waals surface area contributed by atoms with Crippen LogP contribution in [0.2, 0.25) is 0 Å². The van der Waals surface area contributed by atoms with Crippen molar-refractivity contribution in [2.24, 2.45) is 0 Å². The molecular formula is C42H85NO8P+. The van der Waals surface area contributed by atoms with Crippen molar-refractivity contribution < 1.29 is 42.1 Å². The van der Waals surface area contributed by atoms with Crippen LogP contribution in [0.25, 0.3) is 0 Å². The third kappa shape index (κ3) is 38.7. The van der Waals surface area contributed by atoms with Crippen LogP contribution in [-0.2, 0) is 32.7 Å². The van der Waals surface area contributed by atoms with Crippen LogP contribution in [0.15, 0.2) is 0 Å². The standard InChI is InChI=1S/C42H84NO8P/c1-6-8-10-12-14-16-18-19-20-21-22-23-24-25-27-29-31-33-35-42(45)51-40(39-50-52(46,47)49-37-36-43(3,4)5)38-48-41(44)34-32-30-28-26-17-15-13-11-9-7-2/h40H,6-39H2,1-5H3/p+1/t40-/m1/s1. The molecule has 0 aliphatic heterocycles. The van der Waals surface area contributed by atoms with Gasteiger partial charge in [-0.15, -0.1) is 0 Å². The number of hydrogen-bond donors (Lipinski definition) is 1. The van der Waals surface area contributed by atoms with Gasteiger partial charge in [-0.05, 0) is 12.8 Å². The molecule has 2 atom stereocenters. The molecule has 10 heteroatoms. The van der Waals surface area contributed by atoms with Gasteiger partial charge in [0, 0.05) is 12.8 Å². The van der Waals surface area contributed by atoms with Gasteiger partial charge in [0.1, 0.15) is 19.8 Å². The molecule has 1 unspecified atom stereocenters. The highest BCUT2D eigenvalue weighted by molar-refractivity contribution is 7.47. The van der Waals surface area contributed by atoms with Crippen molar-refractivity contribution in [3.8, 4) is 0 Å². The molecule has 0 fully saturated rings. The summed E-state index contributed by atoms with van der Waals surface area (Å²) in [7, 11) is 1.49. The van der Waals surface area contributed by atoms with Gasteiger partial charge >= 0.3 is 19.8 Å². The lowest BCUT2D eigenvalue weighted by Gasteiger charge is -2.24. The Hall–Kier alpha value is -0.990. The molecule has 0 radical (unpaired) electrons. The average Bonchev–Trinajstić information content (AvgIpc) is 3.09. The lowest BCUT2D eigenvalue weighted by Crippen LogP contribution is -2.37. The summed E-state index contributed by atoms with van der Waals surface area (Å²) in [6.45, 7) is 4.44. The van der Waals surface area contributed by atoms with Crippen LogP contribution < -0.4 is 0 Å². The van der Waals surface area contributed by atoms with Gasteiger partial charge in [0.15, 0.2) is 6.10 Å². The van der Waals surface area contributed by atoms with Gasteiger partial charge < -0.3 is 18.9 Å². The van der Waals surface area contributed by atoms with Gasteiger partial charge in [0.2, 0.25) is 0 Å². The van der Waals surface area contributed by atoms with E-state index in [1.165, 1.54) is 141 Å². The van der Waals surface area contributed by atoms with Gasteiger partial charge in [-0.25, -0.2) is 4.57 Å². The van der Waals surface area contributed by atoms with Crippen LogP contribution >= 0.6 is 7.82 Å². The highest BCUT2D eigenvalue weighted by atomic mass is 31.2. The maximum absolute atomic E-state index is 12.7. The van der Waals surface area contributed by atoms with Gasteiger partial charge in [-0.2, -0.15) is 0 Å². The first-order valence-electron chi connectivity index (χ1n) is 21.8. The zero-order chi connectivity index (χ0) is 38.6. The number of quaternary nitrogens is 1. The summed E-state index contributed by atoms with van der Waals surface area (Å²) in [4.78, 5) is 35.2. The van der Waals surface area contributed by atoms with Crippen molar-refractivity contribution in [2.45, 2.75) is 213 Å². The number of esters is 2. The molecule has 0 rings (SSSR count). The van der Waals surface area contributed by atoms with Gasteiger partial charge in [-0.1, -0.05) is 181 Å². The number of hydrogen-bond acceptors (Lipinski definition) is 7. The van der Waals surface area contributed by atoms with Crippen LogP contribution in [0.1, 0.15) is 206 Å². The van der Waals surface area contributed by atoms with E-state index in [9.17, 15) is 19.0 Å². The molecule has 52 heavy (non-hydrogen) atoms. The topological polar surface area (TPSA) is 108 Å². The first kappa shape index (κ1) is 51.0. The van der Waals surface area contributed by atoms with Crippen molar-refractivity contribution >= 4 is 19.8 Å². The predicted molar refractivity (Wildman–Crippen MR) is 215 cm³/mol. The highest BCUT2D eigenvalue weighted by Gasteiger charge is 2.27. The Kier molecular flexibility index (Phi) is 35.0. The molecule has 0 spiro atoms. The van der Waals surface area contributed by atoms with Crippen molar-refractivity contribution in [3.05, 3.63) is 0 Å². The van der Waals surface area contributed by atoms with Crippen molar-refractivity contribution in [1.82, 2.24) is 0 Å². The van der Waals surface area contributed by atoms with Crippen LogP contribution in [0, 0.1) is 0 Å². The van der Waals surface area contributed by atoms with E-state index in [0.29, 0.717) is 17.4 Å². The fourth-order valence-corrected chi connectivity index (χ4v) is 6.93. The summed E-state index contributed by atoms with van der Waals surface area (Å²) >= 11 is 0. The molecule has 0 heterocycles. The molecule has 0 saturated heterocycles. The van der Waals surface area contributed by atoms with E-state index >= 15 is 0 Å². The van der Waals surface area contributed by atoms with E-state index in [2.05, 4.69) is 13.8 Å². The molecule has 0 amide bonds. The van der Waals surface area contributed by atoms with Gasteiger partial charge in [0.25, 0.3) is 0 Å². The molecule has 0 aromatic carbocycles. The number of carbonyl (C=O) groups excluding carboxylic acids is 2. The smallest absolute Gasteiger partial charge is 0.462 e. The Bertz CT molecular complexity index is 865. The Balaban J connectivity index is 4.27. The molecule has 0 bridgehead atoms. The Morgan fingerprint density at radius 1 is 0.519 bits per heavy atom. The number of unbranched alkanes of at least 4 members (excludes halogenated alkanes) is 26. The predicted octanol–water partition coefficient (Wildman–Crippen LogP) is 12.0. The first-order chi connectivity index (χ1) is 25.0. The molecular weight excluding hydrogens is 677 g/mol. The molecule has 0 aromatic rings. The fourth-order valence-electron chi connectivity index (χ4n) is 6.19. The third-order valence-electron chi connectivity index (χ3n) is 9.64. The van der Waals surface area contributed by atoms with Gasteiger partial charge in [0.05, 0.1) is 27.7 Å². The zero-order valence-corrected chi connectivity index (χ0v) is 35.7. The minimum Gasteiger partial charge on any atom is -0.462 e. The molecule has 0 aromatic heterocycles. The number of ether oxygens (including phenoxy) is 2. The monoisotopic (exact) mass is 763 g/mol. The summed E-state index contributed by atoms with van der Waals surface area (Å²) in [5.41, 5.74) is 0. The highest BCUT2D eigenvalue weighted by Crippen LogP contribution is 2.43. The largest absolute Gasteiger partial charge is 0.472 e. The fraction of sp³-hybridized carbons (Fsp3) is 0.952. The second kappa shape index (κ2) is 35.7. The second-order valence-corrected chi connectivity index (χ2v) is 17.6. The molecule has 1 N–H and O–H groups in total. The minimum atomic E-state index is -4.36. The van der Waals surface area contributed by atoms with Crippen molar-refractivity contribution in [3.63, 3.8) is 0 Å². The first-order valence-corrected chi connectivity index (χ1v) is 23.3. The van der Waals surface area contributed by atoms with E-state index in [1.54, 1.807) is 0 Å². The van der Waals surface area contributed by atoms with E-state index < -0.39 is 26.5 Å². The number of phosphoric ester groups is 1. The average molecular weight is 763 g/mol.